The largest absolute Gasteiger partial charge is 0.508 e. The van der Waals surface area contributed by atoms with E-state index in [9.17, 15) is 34.2 Å². The zero-order valence-electron chi connectivity index (χ0n) is 24.5. The van der Waals surface area contributed by atoms with Crippen molar-refractivity contribution in [1.82, 2.24) is 0 Å². The molecule has 1 saturated carbocycles. The van der Waals surface area contributed by atoms with E-state index in [2.05, 4.69) is 0 Å². The third-order valence-electron chi connectivity index (χ3n) is 10.2. The average molecular weight is 607 g/mol. The van der Waals surface area contributed by atoms with Gasteiger partial charge in [0.2, 0.25) is 23.6 Å². The first kappa shape index (κ1) is 28.5. The number of hydrogen-bond acceptors (Lipinski definition) is 7. The number of carboxylic acids is 1. The third kappa shape index (κ3) is 3.97. The maximum Gasteiger partial charge on any atom is 0.335 e. The van der Waals surface area contributed by atoms with Gasteiger partial charge in [-0.05, 0) is 62.1 Å². The predicted molar refractivity (Wildman–Crippen MR) is 162 cm³/mol. The number of aromatic hydroxyl groups is 1. The molecule has 0 bridgehead atoms. The maximum atomic E-state index is 14.4. The number of benzene rings is 3. The molecule has 3 aromatic rings. The Labute approximate surface area is 258 Å². The van der Waals surface area contributed by atoms with Gasteiger partial charge in [0.05, 0.1) is 47.2 Å². The Kier molecular flexibility index (Phi) is 6.43. The Hall–Kier alpha value is -5.25. The van der Waals surface area contributed by atoms with E-state index in [0.717, 1.165) is 10.5 Å². The number of carboxylic acid groups (broad SMARTS) is 1. The summed E-state index contributed by atoms with van der Waals surface area (Å²) in [6, 6.07) is 19.2. The number of carbonyl (C=O) groups is 5. The minimum Gasteiger partial charge on any atom is -0.508 e. The minimum atomic E-state index is -1.30. The first-order valence-electron chi connectivity index (χ1n) is 14.8. The number of hydrogen-bond donors (Lipinski definition) is 2. The summed E-state index contributed by atoms with van der Waals surface area (Å²) in [6.45, 7) is 1.75. The van der Waals surface area contributed by atoms with Crippen molar-refractivity contribution >= 4 is 41.0 Å². The molecule has 228 valence electrons. The van der Waals surface area contributed by atoms with Crippen LogP contribution < -0.4 is 14.5 Å². The van der Waals surface area contributed by atoms with Gasteiger partial charge in [-0.3, -0.25) is 24.1 Å². The van der Waals surface area contributed by atoms with Crippen LogP contribution >= 0.6 is 0 Å². The molecule has 4 aliphatic rings. The van der Waals surface area contributed by atoms with Crippen LogP contribution in [0.15, 0.2) is 84.4 Å². The van der Waals surface area contributed by atoms with Crippen molar-refractivity contribution in [3.63, 3.8) is 0 Å². The van der Waals surface area contributed by atoms with E-state index in [4.69, 9.17) is 4.74 Å². The number of amides is 4. The number of phenolic OH excluding ortho intramolecular Hbond substituents is 1. The van der Waals surface area contributed by atoms with Crippen molar-refractivity contribution in [3.05, 3.63) is 95.6 Å². The molecule has 0 spiro atoms. The minimum absolute atomic E-state index is 0.0543. The molecule has 3 fully saturated rings. The fraction of sp³-hybridized carbons (Fsp3) is 0.286. The first-order chi connectivity index (χ1) is 21.6. The number of imide groups is 2. The number of carbonyl (C=O) groups excluding carboxylic acids is 4. The zero-order chi connectivity index (χ0) is 31.8. The quantitative estimate of drug-likeness (QED) is 0.319. The second-order valence-electron chi connectivity index (χ2n) is 12.3. The van der Waals surface area contributed by atoms with Gasteiger partial charge >= 0.3 is 5.97 Å². The van der Waals surface area contributed by atoms with Crippen LogP contribution in [0.2, 0.25) is 0 Å². The normalized spacial score (nSPS) is 28.8. The van der Waals surface area contributed by atoms with Crippen LogP contribution in [-0.4, -0.2) is 46.9 Å². The molecule has 6 atom stereocenters. The predicted octanol–water partition coefficient (Wildman–Crippen LogP) is 4.53. The number of anilines is 2. The molecule has 6 unspecified atom stereocenters. The van der Waals surface area contributed by atoms with Gasteiger partial charge < -0.3 is 14.9 Å². The third-order valence-corrected chi connectivity index (χ3v) is 10.2. The zero-order valence-corrected chi connectivity index (χ0v) is 24.5. The topological polar surface area (TPSA) is 142 Å². The van der Waals surface area contributed by atoms with E-state index < -0.39 is 64.6 Å². The summed E-state index contributed by atoms with van der Waals surface area (Å²) in [4.78, 5) is 70.5. The number of para-hydroxylation sites is 1. The highest BCUT2D eigenvalue weighted by molar-refractivity contribution is 6.25. The van der Waals surface area contributed by atoms with Gasteiger partial charge in [0.1, 0.15) is 11.5 Å². The monoisotopic (exact) mass is 606 g/mol. The van der Waals surface area contributed by atoms with Crippen LogP contribution in [0.1, 0.15) is 41.6 Å². The lowest BCUT2D eigenvalue weighted by atomic mass is 9.51. The van der Waals surface area contributed by atoms with Crippen molar-refractivity contribution in [2.24, 2.45) is 29.1 Å². The molecule has 10 nitrogen and oxygen atoms in total. The number of methoxy groups -OCH3 is 1. The van der Waals surface area contributed by atoms with Gasteiger partial charge in [-0.15, -0.1) is 0 Å². The fourth-order valence-electron chi connectivity index (χ4n) is 8.11. The van der Waals surface area contributed by atoms with Crippen molar-refractivity contribution in [2.75, 3.05) is 16.9 Å². The van der Waals surface area contributed by atoms with Gasteiger partial charge in [0.15, 0.2) is 0 Å². The molecule has 2 aliphatic carbocycles. The SMILES string of the molecule is COc1ccc(C2C3=CCC4C(=O)N(c5cccc(C(=O)O)c5)C(=O)C4C3CC3C(=O)N(c4ccccc4)C(=O)C32C)c(O)c1. The standard InChI is InChI=1S/C35H30N2O8/c1-35-26(31(40)37(34(35)44)19-8-4-3-5-9-19)17-25-22(29(35)23-12-11-21(45-2)16-27(23)38)13-14-24-28(25)32(41)36(30(24)39)20-10-6-7-18(15-20)33(42)43/h3-13,15-16,24-26,28-29,38H,14,17H2,1-2H3,(H,42,43). The number of aromatic carboxylic acids is 1. The first-order valence-corrected chi connectivity index (χ1v) is 14.8. The smallest absolute Gasteiger partial charge is 0.335 e. The van der Waals surface area contributed by atoms with Gasteiger partial charge in [-0.25, -0.2) is 9.69 Å². The van der Waals surface area contributed by atoms with Crippen molar-refractivity contribution in [1.29, 1.82) is 0 Å². The van der Waals surface area contributed by atoms with Gasteiger partial charge in [0.25, 0.3) is 0 Å². The van der Waals surface area contributed by atoms with Crippen LogP contribution in [0, 0.1) is 29.1 Å². The summed E-state index contributed by atoms with van der Waals surface area (Å²) in [7, 11) is 1.48. The summed E-state index contributed by atoms with van der Waals surface area (Å²) in [6.07, 6.45) is 2.27. The van der Waals surface area contributed by atoms with Crippen LogP contribution in [0.25, 0.3) is 0 Å². The highest BCUT2D eigenvalue weighted by Gasteiger charge is 2.68. The maximum absolute atomic E-state index is 14.4. The molecular weight excluding hydrogens is 576 g/mol. The molecule has 2 aliphatic heterocycles. The molecule has 2 saturated heterocycles. The van der Waals surface area contributed by atoms with E-state index in [1.165, 1.54) is 42.3 Å². The Bertz CT molecular complexity index is 1830. The highest BCUT2D eigenvalue weighted by Crippen LogP contribution is 2.64. The lowest BCUT2D eigenvalue weighted by Crippen LogP contribution is -2.48. The summed E-state index contributed by atoms with van der Waals surface area (Å²) in [5.41, 5.74) is 0.419. The molecule has 0 radical (unpaired) electrons. The molecule has 0 aromatic heterocycles. The molecule has 45 heavy (non-hydrogen) atoms. The molecule has 2 N–H and O–H groups in total. The Morgan fingerprint density at radius 2 is 1.60 bits per heavy atom. The van der Waals surface area contributed by atoms with E-state index >= 15 is 0 Å². The lowest BCUT2D eigenvalue weighted by Gasteiger charge is -2.49. The van der Waals surface area contributed by atoms with E-state index in [1.54, 1.807) is 49.4 Å². The van der Waals surface area contributed by atoms with Crippen LogP contribution in [0.3, 0.4) is 0 Å². The summed E-state index contributed by atoms with van der Waals surface area (Å²) < 4.78 is 5.30. The summed E-state index contributed by atoms with van der Waals surface area (Å²) >= 11 is 0. The number of phenols is 1. The summed E-state index contributed by atoms with van der Waals surface area (Å²) in [5.74, 6) is -6.30. The highest BCUT2D eigenvalue weighted by atomic mass is 16.5. The number of fused-ring (bicyclic) bond motifs is 4. The Balaban J connectivity index is 1.37. The second kappa shape index (κ2) is 10.2. The molecule has 3 aromatic carbocycles. The molecule has 7 rings (SSSR count). The van der Waals surface area contributed by atoms with Gasteiger partial charge in [0, 0.05) is 17.5 Å². The average Bonchev–Trinajstić information content (AvgIpc) is 3.41. The van der Waals surface area contributed by atoms with Crippen LogP contribution in [0.5, 0.6) is 11.5 Å². The van der Waals surface area contributed by atoms with Crippen molar-refractivity contribution in [2.45, 2.75) is 25.7 Å². The molecular formula is C35H30N2O8. The van der Waals surface area contributed by atoms with Gasteiger partial charge in [-0.2, -0.15) is 0 Å². The molecule has 4 amide bonds. The van der Waals surface area contributed by atoms with Crippen LogP contribution in [0.4, 0.5) is 11.4 Å². The number of rotatable bonds is 5. The van der Waals surface area contributed by atoms with Crippen LogP contribution in [-0.2, 0) is 19.2 Å². The Morgan fingerprint density at radius 3 is 2.29 bits per heavy atom. The second-order valence-corrected chi connectivity index (χ2v) is 12.3. The number of nitrogens with zero attached hydrogens (tertiary/aromatic N) is 2. The van der Waals surface area contributed by atoms with E-state index in [-0.39, 0.29) is 29.8 Å². The van der Waals surface area contributed by atoms with E-state index in [0.29, 0.717) is 17.0 Å². The van der Waals surface area contributed by atoms with Gasteiger partial charge in [-0.1, -0.05) is 42.0 Å². The Morgan fingerprint density at radius 1 is 0.867 bits per heavy atom. The number of allylic oxidation sites excluding steroid dienone is 2. The van der Waals surface area contributed by atoms with E-state index in [1.807, 2.05) is 6.08 Å². The fourth-order valence-corrected chi connectivity index (χ4v) is 8.11. The lowest BCUT2D eigenvalue weighted by molar-refractivity contribution is -0.131. The summed E-state index contributed by atoms with van der Waals surface area (Å²) in [5, 5.41) is 20.8. The van der Waals surface area contributed by atoms with Crippen molar-refractivity contribution in [3.8, 4) is 11.5 Å². The van der Waals surface area contributed by atoms with Crippen molar-refractivity contribution < 1.29 is 38.9 Å². The molecule has 10 heteroatoms. The number of ether oxygens (including phenoxy) is 1. The molecule has 2 heterocycles.